The van der Waals surface area contributed by atoms with Crippen LogP contribution in [0.5, 0.6) is 11.6 Å². The average Bonchev–Trinajstić information content (AvgIpc) is 3.29. The van der Waals surface area contributed by atoms with E-state index in [1.54, 1.807) is 30.5 Å². The number of hydrogen-bond donors (Lipinski definition) is 1. The first-order valence-electron chi connectivity index (χ1n) is 8.62. The number of hydrogen-bond acceptors (Lipinski definition) is 7. The highest BCUT2D eigenvalue weighted by atomic mass is 35.5. The van der Waals surface area contributed by atoms with Crippen LogP contribution in [0, 0.1) is 6.92 Å². The fourth-order valence-electron chi connectivity index (χ4n) is 2.91. The van der Waals surface area contributed by atoms with Crippen LogP contribution in [0.2, 0.25) is 5.02 Å². The van der Waals surface area contributed by atoms with Gasteiger partial charge in [-0.3, -0.25) is 9.36 Å². The lowest BCUT2D eigenvalue weighted by atomic mass is 10.3. The molecule has 0 unspecified atom stereocenters. The second-order valence-corrected chi connectivity index (χ2v) is 6.79. The predicted molar refractivity (Wildman–Crippen MR) is 104 cm³/mol. The molecule has 4 heterocycles. The molecule has 29 heavy (non-hydrogen) atoms. The summed E-state index contributed by atoms with van der Waals surface area (Å²) in [6.07, 6.45) is 4.51. The second kappa shape index (κ2) is 6.67. The van der Waals surface area contributed by atoms with Gasteiger partial charge in [-0.05, 0) is 31.2 Å². The van der Waals surface area contributed by atoms with Crippen LogP contribution in [0.1, 0.15) is 11.4 Å². The Morgan fingerprint density at radius 2 is 1.97 bits per heavy atom. The first-order chi connectivity index (χ1) is 14.1. The summed E-state index contributed by atoms with van der Waals surface area (Å²) in [6, 6.07) is 6.92. The van der Waals surface area contributed by atoms with E-state index in [0.717, 1.165) is 5.56 Å². The van der Waals surface area contributed by atoms with Crippen molar-refractivity contribution in [2.45, 2.75) is 13.5 Å². The molecule has 0 aliphatic heterocycles. The average molecular weight is 409 g/mol. The second-order valence-electron chi connectivity index (χ2n) is 6.35. The Morgan fingerprint density at radius 3 is 2.79 bits per heavy atom. The highest BCUT2D eigenvalue weighted by Crippen LogP contribution is 2.22. The van der Waals surface area contributed by atoms with E-state index in [4.69, 9.17) is 16.3 Å². The number of benzene rings is 1. The summed E-state index contributed by atoms with van der Waals surface area (Å²) in [5.74, 6) is 1.42. The van der Waals surface area contributed by atoms with Gasteiger partial charge in [0.05, 0.1) is 18.9 Å². The number of nitrogens with one attached hydrogen (secondary N) is 1. The van der Waals surface area contributed by atoms with Crippen molar-refractivity contribution in [3.8, 4) is 11.6 Å². The molecule has 0 amide bonds. The van der Waals surface area contributed by atoms with Crippen molar-refractivity contribution in [1.29, 1.82) is 0 Å². The number of aromatic nitrogens is 8. The highest BCUT2D eigenvalue weighted by molar-refractivity contribution is 6.30. The summed E-state index contributed by atoms with van der Waals surface area (Å²) in [7, 11) is 0. The van der Waals surface area contributed by atoms with Crippen LogP contribution in [0.4, 0.5) is 0 Å². The maximum atomic E-state index is 12.7. The fraction of sp³-hybridized carbons (Fsp3) is 0.111. The van der Waals surface area contributed by atoms with Crippen molar-refractivity contribution in [3.05, 3.63) is 69.8 Å². The third-order valence-corrected chi connectivity index (χ3v) is 4.54. The Balaban J connectivity index is 1.44. The van der Waals surface area contributed by atoms with Gasteiger partial charge in [-0.2, -0.15) is 10.1 Å². The molecule has 5 aromatic rings. The summed E-state index contributed by atoms with van der Waals surface area (Å²) >= 11 is 5.88. The SMILES string of the molecule is Cc1cnn2ncn(Cc3nc4ncc(Oc5ccc(Cl)cc5)nc4[nH]3)c(=O)c12. The van der Waals surface area contributed by atoms with Crippen molar-refractivity contribution >= 4 is 28.4 Å². The summed E-state index contributed by atoms with van der Waals surface area (Å²) < 4.78 is 8.45. The van der Waals surface area contributed by atoms with E-state index < -0.39 is 0 Å². The minimum absolute atomic E-state index is 0.193. The molecule has 0 atom stereocenters. The minimum atomic E-state index is -0.205. The topological polar surface area (TPSA) is 116 Å². The van der Waals surface area contributed by atoms with Gasteiger partial charge in [0.2, 0.25) is 5.88 Å². The van der Waals surface area contributed by atoms with Gasteiger partial charge in [-0.25, -0.2) is 9.97 Å². The van der Waals surface area contributed by atoms with Crippen molar-refractivity contribution in [2.75, 3.05) is 0 Å². The molecule has 0 aliphatic carbocycles. The number of imidazole rings is 1. The van der Waals surface area contributed by atoms with Gasteiger partial charge in [0, 0.05) is 10.6 Å². The van der Waals surface area contributed by atoms with Gasteiger partial charge in [-0.1, -0.05) is 11.6 Å². The third kappa shape index (κ3) is 3.19. The molecule has 0 radical (unpaired) electrons. The van der Waals surface area contributed by atoms with Gasteiger partial charge in [-0.15, -0.1) is 9.73 Å². The monoisotopic (exact) mass is 408 g/mol. The van der Waals surface area contributed by atoms with E-state index >= 15 is 0 Å². The molecule has 0 spiro atoms. The summed E-state index contributed by atoms with van der Waals surface area (Å²) in [5, 5.41) is 8.80. The minimum Gasteiger partial charge on any atom is -0.437 e. The largest absolute Gasteiger partial charge is 0.437 e. The number of H-pyrrole nitrogens is 1. The molecule has 0 saturated carbocycles. The fourth-order valence-corrected chi connectivity index (χ4v) is 3.03. The lowest BCUT2D eigenvalue weighted by Gasteiger charge is -2.03. The zero-order valence-electron chi connectivity index (χ0n) is 15.1. The maximum absolute atomic E-state index is 12.7. The number of fused-ring (bicyclic) bond motifs is 2. The van der Waals surface area contributed by atoms with Gasteiger partial charge in [0.1, 0.15) is 17.9 Å². The van der Waals surface area contributed by atoms with Crippen molar-refractivity contribution < 1.29 is 4.74 Å². The molecule has 5 rings (SSSR count). The molecule has 0 bridgehead atoms. The Morgan fingerprint density at radius 1 is 1.14 bits per heavy atom. The molecule has 10 nitrogen and oxygen atoms in total. The molecular formula is C18H13ClN8O2. The van der Waals surface area contributed by atoms with E-state index in [1.165, 1.54) is 21.7 Å². The number of aryl methyl sites for hydroxylation is 1. The summed E-state index contributed by atoms with van der Waals surface area (Å²) in [4.78, 5) is 28.8. The number of aromatic amines is 1. The van der Waals surface area contributed by atoms with Gasteiger partial charge >= 0.3 is 0 Å². The molecule has 11 heteroatoms. The zero-order chi connectivity index (χ0) is 20.0. The third-order valence-electron chi connectivity index (χ3n) is 4.29. The van der Waals surface area contributed by atoms with Crippen LogP contribution in [0.25, 0.3) is 16.8 Å². The smallest absolute Gasteiger partial charge is 0.280 e. The van der Waals surface area contributed by atoms with Crippen LogP contribution in [0.15, 0.2) is 47.8 Å². The van der Waals surface area contributed by atoms with Gasteiger partial charge in [0.25, 0.3) is 5.56 Å². The van der Waals surface area contributed by atoms with Crippen LogP contribution in [-0.4, -0.2) is 39.3 Å². The van der Waals surface area contributed by atoms with E-state index in [2.05, 4.69) is 30.1 Å². The molecule has 4 aromatic heterocycles. The molecule has 0 saturated heterocycles. The lowest BCUT2D eigenvalue weighted by molar-refractivity contribution is 0.462. The number of ether oxygens (including phenoxy) is 1. The Kier molecular flexibility index (Phi) is 3.98. The number of nitrogens with zero attached hydrogens (tertiary/aromatic N) is 7. The predicted octanol–water partition coefficient (Wildman–Crippen LogP) is 2.36. The van der Waals surface area contributed by atoms with E-state index in [9.17, 15) is 4.79 Å². The Labute approximate surface area is 167 Å². The van der Waals surface area contributed by atoms with Gasteiger partial charge < -0.3 is 9.72 Å². The lowest BCUT2D eigenvalue weighted by Crippen LogP contribution is -2.24. The normalized spacial score (nSPS) is 11.4. The van der Waals surface area contributed by atoms with Crippen molar-refractivity contribution in [2.24, 2.45) is 0 Å². The Bertz CT molecular complexity index is 1400. The Hall–Kier alpha value is -3.79. The molecule has 0 aliphatic rings. The van der Waals surface area contributed by atoms with Crippen LogP contribution in [-0.2, 0) is 6.54 Å². The first-order valence-corrected chi connectivity index (χ1v) is 9.00. The van der Waals surface area contributed by atoms with Crippen molar-refractivity contribution in [1.82, 2.24) is 39.3 Å². The van der Waals surface area contributed by atoms with E-state index in [0.29, 0.717) is 39.3 Å². The van der Waals surface area contributed by atoms with E-state index in [1.807, 2.05) is 6.92 Å². The zero-order valence-corrected chi connectivity index (χ0v) is 15.8. The van der Waals surface area contributed by atoms with E-state index in [-0.39, 0.29) is 12.1 Å². The van der Waals surface area contributed by atoms with Crippen LogP contribution < -0.4 is 10.3 Å². The highest BCUT2D eigenvalue weighted by Gasteiger charge is 2.12. The molecular weight excluding hydrogens is 396 g/mol. The van der Waals surface area contributed by atoms with Crippen molar-refractivity contribution in [3.63, 3.8) is 0 Å². The summed E-state index contributed by atoms with van der Waals surface area (Å²) in [6.45, 7) is 2.01. The van der Waals surface area contributed by atoms with Gasteiger partial charge in [0.15, 0.2) is 16.8 Å². The van der Waals surface area contributed by atoms with Crippen LogP contribution in [0.3, 0.4) is 0 Å². The maximum Gasteiger partial charge on any atom is 0.280 e. The standard InChI is InChI=1S/C18H13ClN8O2/c1-10-6-21-27-15(10)18(28)26(9-22-27)8-13-23-16-17(24-13)25-14(7-20-16)29-12-4-2-11(19)3-5-12/h2-7,9H,8H2,1H3,(H,20,23,24,25). The first kappa shape index (κ1) is 17.3. The molecule has 0 fully saturated rings. The molecule has 1 aromatic carbocycles. The number of rotatable bonds is 4. The quantitative estimate of drug-likeness (QED) is 0.485. The molecule has 1 N–H and O–H groups in total. The molecule has 144 valence electrons. The number of halogens is 1. The van der Waals surface area contributed by atoms with Crippen LogP contribution >= 0.6 is 11.6 Å². The summed E-state index contributed by atoms with van der Waals surface area (Å²) in [5.41, 5.74) is 1.86.